The molecule has 29 heavy (non-hydrogen) atoms. The number of hydrazine groups is 1. The Morgan fingerprint density at radius 2 is 2.10 bits per heavy atom. The molecule has 0 unspecified atom stereocenters. The number of aromatic nitrogens is 2. The number of pyridine rings is 1. The van der Waals surface area contributed by atoms with Crippen molar-refractivity contribution in [3.8, 4) is 21.0 Å². The molecule has 2 aromatic heterocycles. The number of nitrogens with zero attached hydrogens (tertiary/aromatic N) is 3. The molecule has 10 heteroatoms. The van der Waals surface area contributed by atoms with Gasteiger partial charge in [0.15, 0.2) is 0 Å². The summed E-state index contributed by atoms with van der Waals surface area (Å²) in [5.41, 5.74) is 6.93. The number of hydrogen-bond acceptors (Lipinski definition) is 7. The van der Waals surface area contributed by atoms with Crippen molar-refractivity contribution in [1.82, 2.24) is 19.7 Å². The average Bonchev–Trinajstić information content (AvgIpc) is 3.06. The third-order valence-electron chi connectivity index (χ3n) is 4.44. The van der Waals surface area contributed by atoms with Crippen LogP contribution in [0.4, 0.5) is 10.5 Å². The zero-order chi connectivity index (χ0) is 20.4. The fourth-order valence-electron chi connectivity index (χ4n) is 3.19. The highest BCUT2D eigenvalue weighted by molar-refractivity contribution is 7.89. The number of anilines is 1. The van der Waals surface area contributed by atoms with Gasteiger partial charge in [-0.2, -0.15) is 0 Å². The smallest absolute Gasteiger partial charge is 0.294 e. The second kappa shape index (κ2) is 7.80. The number of fused-ring (bicyclic) bond motifs is 1. The maximum Gasteiger partial charge on any atom is 0.349 e. The number of carbonyl (C=O) groups is 1. The van der Waals surface area contributed by atoms with E-state index < -0.39 is 16.1 Å². The molecule has 2 amide bonds. The maximum absolute atomic E-state index is 12.3. The Labute approximate surface area is 172 Å². The largest absolute Gasteiger partial charge is 0.349 e. The Balaban J connectivity index is 1.64. The molecule has 2 N–H and O–H groups in total. The third kappa shape index (κ3) is 4.38. The van der Waals surface area contributed by atoms with Crippen LogP contribution in [0.1, 0.15) is 12.0 Å². The van der Waals surface area contributed by atoms with Gasteiger partial charge in [-0.25, -0.2) is 27.9 Å². The lowest BCUT2D eigenvalue weighted by atomic mass is 10.0. The summed E-state index contributed by atoms with van der Waals surface area (Å²) in [4.78, 5) is 22.0. The van der Waals surface area contributed by atoms with E-state index in [1.807, 2.05) is 41.3 Å². The van der Waals surface area contributed by atoms with E-state index in [2.05, 4.69) is 15.4 Å². The van der Waals surface area contributed by atoms with Crippen molar-refractivity contribution in [3.63, 3.8) is 0 Å². The molecule has 0 aliphatic carbocycles. The van der Waals surface area contributed by atoms with Gasteiger partial charge >= 0.3 is 6.03 Å². The van der Waals surface area contributed by atoms with Crippen molar-refractivity contribution in [2.45, 2.75) is 12.8 Å². The minimum Gasteiger partial charge on any atom is -0.294 e. The van der Waals surface area contributed by atoms with Crippen molar-refractivity contribution in [2.75, 3.05) is 18.2 Å². The normalized spacial score (nSPS) is 13.9. The quantitative estimate of drug-likeness (QED) is 0.663. The number of thiazole rings is 1. The first kappa shape index (κ1) is 19.3. The molecule has 0 spiro atoms. The summed E-state index contributed by atoms with van der Waals surface area (Å²) < 4.78 is 24.8. The molecule has 3 heterocycles. The highest BCUT2D eigenvalue weighted by atomic mass is 32.2. The van der Waals surface area contributed by atoms with Crippen molar-refractivity contribution >= 4 is 33.1 Å². The monoisotopic (exact) mass is 429 g/mol. The summed E-state index contributed by atoms with van der Waals surface area (Å²) in [5, 5.41) is 2.19. The summed E-state index contributed by atoms with van der Waals surface area (Å²) in [6.07, 6.45) is 7.77. The van der Waals surface area contributed by atoms with E-state index in [9.17, 15) is 13.2 Å². The number of nitrogens with one attached hydrogen (secondary N) is 2. The molecule has 1 aliphatic heterocycles. The molecular formula is C19H19N5O3S2. The van der Waals surface area contributed by atoms with Crippen LogP contribution in [0.5, 0.6) is 0 Å². The molecule has 0 radical (unpaired) electrons. The molecule has 0 fully saturated rings. The highest BCUT2D eigenvalue weighted by Gasteiger charge is 2.23. The number of sulfonamides is 1. The van der Waals surface area contributed by atoms with Crippen molar-refractivity contribution < 1.29 is 13.2 Å². The second-order valence-electron chi connectivity index (χ2n) is 6.65. The topological polar surface area (TPSA) is 104 Å². The molecule has 1 aliphatic rings. The summed E-state index contributed by atoms with van der Waals surface area (Å²) in [6.45, 7) is 0.388. The van der Waals surface area contributed by atoms with E-state index >= 15 is 0 Å². The summed E-state index contributed by atoms with van der Waals surface area (Å²) in [7, 11) is -3.63. The van der Waals surface area contributed by atoms with Gasteiger partial charge in [0, 0.05) is 30.7 Å². The average molecular weight is 430 g/mol. The molecule has 0 saturated heterocycles. The minimum atomic E-state index is -3.63. The Morgan fingerprint density at radius 1 is 1.24 bits per heavy atom. The van der Waals surface area contributed by atoms with Crippen molar-refractivity contribution in [3.05, 3.63) is 54.5 Å². The number of benzene rings is 1. The van der Waals surface area contributed by atoms with Crippen LogP contribution in [0.15, 0.2) is 48.9 Å². The number of rotatable bonds is 3. The van der Waals surface area contributed by atoms with Gasteiger partial charge in [-0.1, -0.05) is 12.1 Å². The Hall–Kier alpha value is -2.98. The molecule has 1 aromatic carbocycles. The van der Waals surface area contributed by atoms with Gasteiger partial charge in [0.05, 0.1) is 16.8 Å². The summed E-state index contributed by atoms with van der Waals surface area (Å²) >= 11 is 1.58. The van der Waals surface area contributed by atoms with Gasteiger partial charge in [0.1, 0.15) is 5.01 Å². The van der Waals surface area contributed by atoms with Gasteiger partial charge in [-0.3, -0.25) is 10.4 Å². The first-order chi connectivity index (χ1) is 13.9. The number of hydrogen-bond donors (Lipinski definition) is 2. The molecule has 0 bridgehead atoms. The molecule has 0 atom stereocenters. The molecule has 8 nitrogen and oxygen atoms in total. The van der Waals surface area contributed by atoms with E-state index in [1.54, 1.807) is 23.7 Å². The zero-order valence-electron chi connectivity index (χ0n) is 15.6. The van der Waals surface area contributed by atoms with E-state index in [4.69, 9.17) is 0 Å². The van der Waals surface area contributed by atoms with Gasteiger partial charge in [0.2, 0.25) is 10.0 Å². The standard InChI is InChI=1S/C19H19N5O3S2/c1-29(26,27)23-19(25)24-10-4-7-14-15(6-2-8-16(14)22-24)17-12-21-18(28-17)13-5-3-9-20-11-13/h2-3,5-6,8-9,11-12,22H,4,7,10H2,1H3,(H,23,25). The van der Waals surface area contributed by atoms with Crippen LogP contribution in [0.2, 0.25) is 0 Å². The molecule has 4 rings (SSSR count). The first-order valence-electron chi connectivity index (χ1n) is 8.95. The number of carbonyl (C=O) groups excluding carboxylic acids is 1. The number of amides is 2. The van der Waals surface area contributed by atoms with Gasteiger partial charge in [-0.05, 0) is 42.2 Å². The molecule has 0 saturated carbocycles. The van der Waals surface area contributed by atoms with Gasteiger partial charge in [0.25, 0.3) is 0 Å². The Morgan fingerprint density at radius 3 is 2.86 bits per heavy atom. The van der Waals surface area contributed by atoms with Crippen molar-refractivity contribution in [1.29, 1.82) is 0 Å². The van der Waals surface area contributed by atoms with E-state index in [0.717, 1.165) is 44.9 Å². The summed E-state index contributed by atoms with van der Waals surface area (Å²) in [5.74, 6) is 0. The minimum absolute atomic E-state index is 0.388. The fraction of sp³-hybridized carbons (Fsp3) is 0.211. The van der Waals surface area contributed by atoms with E-state index in [0.29, 0.717) is 13.0 Å². The van der Waals surface area contributed by atoms with Crippen LogP contribution in [0, 0.1) is 0 Å². The van der Waals surface area contributed by atoms with Crippen LogP contribution in [-0.4, -0.2) is 42.2 Å². The molecule has 150 valence electrons. The van der Waals surface area contributed by atoms with Crippen LogP contribution >= 0.6 is 11.3 Å². The van der Waals surface area contributed by atoms with Crippen LogP contribution in [0.3, 0.4) is 0 Å². The lowest BCUT2D eigenvalue weighted by Gasteiger charge is -2.22. The van der Waals surface area contributed by atoms with Gasteiger partial charge < -0.3 is 0 Å². The summed E-state index contributed by atoms with van der Waals surface area (Å²) in [6, 6.07) is 8.98. The molecular weight excluding hydrogens is 410 g/mol. The van der Waals surface area contributed by atoms with Crippen LogP contribution in [-0.2, 0) is 16.4 Å². The predicted molar refractivity (Wildman–Crippen MR) is 113 cm³/mol. The predicted octanol–water partition coefficient (Wildman–Crippen LogP) is 3.12. The van der Waals surface area contributed by atoms with Crippen LogP contribution in [0.25, 0.3) is 21.0 Å². The van der Waals surface area contributed by atoms with Crippen LogP contribution < -0.4 is 10.1 Å². The lowest BCUT2D eigenvalue weighted by Crippen LogP contribution is -2.45. The van der Waals surface area contributed by atoms with E-state index in [1.165, 1.54) is 5.01 Å². The van der Waals surface area contributed by atoms with E-state index in [-0.39, 0.29) is 0 Å². The lowest BCUT2D eigenvalue weighted by molar-refractivity contribution is 0.214. The SMILES string of the molecule is CS(=O)(=O)NC(=O)N1CCCc2c(cccc2-c2cnc(-c3cccnc3)s2)N1. The highest BCUT2D eigenvalue weighted by Crippen LogP contribution is 2.37. The molecule has 3 aromatic rings. The maximum atomic E-state index is 12.3. The first-order valence-corrected chi connectivity index (χ1v) is 11.7. The Bertz CT molecular complexity index is 1150. The second-order valence-corrected chi connectivity index (χ2v) is 9.43. The zero-order valence-corrected chi connectivity index (χ0v) is 17.3. The third-order valence-corrected chi connectivity index (χ3v) is 6.06. The fourth-order valence-corrected chi connectivity index (χ4v) is 4.58. The number of urea groups is 1. The van der Waals surface area contributed by atoms with Gasteiger partial charge in [-0.15, -0.1) is 11.3 Å². The van der Waals surface area contributed by atoms with Crippen molar-refractivity contribution in [2.24, 2.45) is 0 Å². The Kier molecular flexibility index (Phi) is 5.20.